The molecule has 66 valence electrons. The van der Waals surface area contributed by atoms with Gasteiger partial charge in [-0.2, -0.15) is 5.10 Å². The number of esters is 1. The summed E-state index contributed by atoms with van der Waals surface area (Å²) in [6.45, 7) is 3.92. The van der Waals surface area contributed by atoms with Gasteiger partial charge in [-0.15, -0.1) is 0 Å². The van der Waals surface area contributed by atoms with Crippen molar-refractivity contribution in [2.75, 3.05) is 7.11 Å². The summed E-state index contributed by atoms with van der Waals surface area (Å²) >= 11 is 0. The monoisotopic (exact) mass is 168 g/mol. The molecule has 0 fully saturated rings. The van der Waals surface area contributed by atoms with Gasteiger partial charge in [-0.1, -0.05) is 0 Å². The van der Waals surface area contributed by atoms with Crippen molar-refractivity contribution < 1.29 is 9.53 Å². The molecule has 1 aromatic heterocycles. The molecule has 0 aliphatic carbocycles. The molecule has 0 spiro atoms. The van der Waals surface area contributed by atoms with Crippen molar-refractivity contribution in [2.24, 2.45) is 0 Å². The smallest absolute Gasteiger partial charge is 0.356 e. The Labute approximate surface area is 71.1 Å². The highest BCUT2D eigenvalue weighted by Crippen LogP contribution is 2.08. The summed E-state index contributed by atoms with van der Waals surface area (Å²) in [7, 11) is 1.36. The Hall–Kier alpha value is -1.32. The maximum atomic E-state index is 11.1. The summed E-state index contributed by atoms with van der Waals surface area (Å²) < 4.78 is 6.22. The molecule has 1 aromatic rings. The highest BCUT2D eigenvalue weighted by molar-refractivity contribution is 5.87. The average molecular weight is 168 g/mol. The summed E-state index contributed by atoms with van der Waals surface area (Å²) in [4.78, 5) is 11.1. The average Bonchev–Trinajstić information content (AvgIpc) is 2.50. The van der Waals surface area contributed by atoms with Crippen molar-refractivity contribution in [3.8, 4) is 0 Å². The van der Waals surface area contributed by atoms with E-state index in [1.165, 1.54) is 7.11 Å². The number of methoxy groups -OCH3 is 1. The number of hydrogen-bond acceptors (Lipinski definition) is 3. The molecule has 0 aliphatic heterocycles. The van der Waals surface area contributed by atoms with Crippen molar-refractivity contribution in [2.45, 2.75) is 19.9 Å². The van der Waals surface area contributed by atoms with E-state index in [-0.39, 0.29) is 12.0 Å². The lowest BCUT2D eigenvalue weighted by Gasteiger charge is -2.08. The van der Waals surface area contributed by atoms with Gasteiger partial charge in [0.15, 0.2) is 0 Å². The van der Waals surface area contributed by atoms with Crippen LogP contribution in [-0.4, -0.2) is 22.9 Å². The van der Waals surface area contributed by atoms with Gasteiger partial charge in [0.05, 0.1) is 7.11 Å². The van der Waals surface area contributed by atoms with Crippen LogP contribution in [-0.2, 0) is 4.74 Å². The van der Waals surface area contributed by atoms with Crippen molar-refractivity contribution in [3.63, 3.8) is 0 Å². The molecular formula is C8H12N2O2. The fraction of sp³-hybridized carbons (Fsp3) is 0.500. The maximum absolute atomic E-state index is 11.1. The van der Waals surface area contributed by atoms with Gasteiger partial charge in [-0.05, 0) is 19.9 Å². The quantitative estimate of drug-likeness (QED) is 0.624. The van der Waals surface area contributed by atoms with Crippen LogP contribution in [0, 0.1) is 0 Å². The highest BCUT2D eigenvalue weighted by atomic mass is 16.5. The molecule has 0 saturated heterocycles. The summed E-state index contributed by atoms with van der Waals surface area (Å²) in [6.07, 6.45) is 1.59. The zero-order chi connectivity index (χ0) is 9.14. The van der Waals surface area contributed by atoms with Crippen LogP contribution >= 0.6 is 0 Å². The SMILES string of the molecule is COC(=O)c1ccnn1C(C)C. The fourth-order valence-corrected chi connectivity index (χ4v) is 0.992. The number of carbonyl (C=O) groups is 1. The largest absolute Gasteiger partial charge is 0.464 e. The fourth-order valence-electron chi connectivity index (χ4n) is 0.992. The van der Waals surface area contributed by atoms with Gasteiger partial charge in [-0.3, -0.25) is 4.68 Å². The number of ether oxygens (including phenoxy) is 1. The van der Waals surface area contributed by atoms with Gasteiger partial charge in [0.2, 0.25) is 0 Å². The van der Waals surface area contributed by atoms with E-state index in [1.54, 1.807) is 16.9 Å². The topological polar surface area (TPSA) is 44.1 Å². The van der Waals surface area contributed by atoms with Gasteiger partial charge in [0.25, 0.3) is 0 Å². The third-order valence-corrected chi connectivity index (χ3v) is 1.55. The number of carbonyl (C=O) groups excluding carboxylic acids is 1. The zero-order valence-electron chi connectivity index (χ0n) is 7.44. The number of hydrogen-bond donors (Lipinski definition) is 0. The molecule has 1 heterocycles. The van der Waals surface area contributed by atoms with E-state index in [9.17, 15) is 4.79 Å². The first-order chi connectivity index (χ1) is 5.66. The lowest BCUT2D eigenvalue weighted by Crippen LogP contribution is -2.13. The standard InChI is InChI=1S/C8H12N2O2/c1-6(2)10-7(4-5-9-10)8(11)12-3/h4-6H,1-3H3. The van der Waals surface area contributed by atoms with Gasteiger partial charge in [0, 0.05) is 12.2 Å². The van der Waals surface area contributed by atoms with Gasteiger partial charge >= 0.3 is 5.97 Å². The molecule has 0 saturated carbocycles. The molecule has 4 nitrogen and oxygen atoms in total. The van der Waals surface area contributed by atoms with Crippen LogP contribution in [0.4, 0.5) is 0 Å². The summed E-state index contributed by atoms with van der Waals surface area (Å²) in [6, 6.07) is 1.82. The molecule has 0 N–H and O–H groups in total. The Morgan fingerprint density at radius 3 is 2.83 bits per heavy atom. The molecule has 0 atom stereocenters. The van der Waals surface area contributed by atoms with E-state index in [2.05, 4.69) is 9.84 Å². The van der Waals surface area contributed by atoms with E-state index in [4.69, 9.17) is 0 Å². The Balaban J connectivity index is 2.99. The number of aromatic nitrogens is 2. The van der Waals surface area contributed by atoms with Crippen molar-refractivity contribution in [1.82, 2.24) is 9.78 Å². The lowest BCUT2D eigenvalue weighted by atomic mass is 10.3. The van der Waals surface area contributed by atoms with Crippen molar-refractivity contribution in [1.29, 1.82) is 0 Å². The van der Waals surface area contributed by atoms with Crippen LogP contribution in [0.25, 0.3) is 0 Å². The van der Waals surface area contributed by atoms with E-state index >= 15 is 0 Å². The molecule has 0 aliphatic rings. The van der Waals surface area contributed by atoms with E-state index in [0.29, 0.717) is 5.69 Å². The molecule has 0 bridgehead atoms. The Bertz CT molecular complexity index is 278. The number of nitrogens with zero attached hydrogens (tertiary/aromatic N) is 2. The lowest BCUT2D eigenvalue weighted by molar-refractivity contribution is 0.0584. The summed E-state index contributed by atoms with van der Waals surface area (Å²) in [5, 5.41) is 4.00. The predicted molar refractivity (Wildman–Crippen MR) is 44.0 cm³/mol. The van der Waals surface area contributed by atoms with Crippen molar-refractivity contribution >= 4 is 5.97 Å². The van der Waals surface area contributed by atoms with Crippen molar-refractivity contribution in [3.05, 3.63) is 18.0 Å². The van der Waals surface area contributed by atoms with Gasteiger partial charge in [0.1, 0.15) is 5.69 Å². The van der Waals surface area contributed by atoms with E-state index < -0.39 is 0 Å². The van der Waals surface area contributed by atoms with Gasteiger partial charge in [-0.25, -0.2) is 4.79 Å². The summed E-state index contributed by atoms with van der Waals surface area (Å²) in [5.41, 5.74) is 0.493. The van der Waals surface area contributed by atoms with Crippen LogP contribution in [0.2, 0.25) is 0 Å². The minimum absolute atomic E-state index is 0.175. The van der Waals surface area contributed by atoms with Crippen LogP contribution in [0.15, 0.2) is 12.3 Å². The first-order valence-corrected chi connectivity index (χ1v) is 3.78. The molecule has 0 amide bonds. The van der Waals surface area contributed by atoms with E-state index in [0.717, 1.165) is 0 Å². The minimum Gasteiger partial charge on any atom is -0.464 e. The van der Waals surface area contributed by atoms with Gasteiger partial charge < -0.3 is 4.74 Å². The molecule has 12 heavy (non-hydrogen) atoms. The molecule has 4 heteroatoms. The Kier molecular flexibility index (Phi) is 2.47. The first-order valence-electron chi connectivity index (χ1n) is 3.78. The second-order valence-corrected chi connectivity index (χ2v) is 2.75. The second-order valence-electron chi connectivity index (χ2n) is 2.75. The molecule has 0 unspecified atom stereocenters. The number of rotatable bonds is 2. The third kappa shape index (κ3) is 1.47. The molecular weight excluding hydrogens is 156 g/mol. The maximum Gasteiger partial charge on any atom is 0.356 e. The molecule has 1 rings (SSSR count). The second kappa shape index (κ2) is 3.38. The van der Waals surface area contributed by atoms with Crippen LogP contribution in [0.5, 0.6) is 0 Å². The minimum atomic E-state index is -0.346. The predicted octanol–water partition coefficient (Wildman–Crippen LogP) is 1.25. The zero-order valence-corrected chi connectivity index (χ0v) is 7.44. The first kappa shape index (κ1) is 8.77. The Morgan fingerprint density at radius 1 is 1.67 bits per heavy atom. The summed E-state index contributed by atoms with van der Waals surface area (Å²) in [5.74, 6) is -0.346. The normalized spacial score (nSPS) is 10.3. The van der Waals surface area contributed by atoms with Crippen LogP contribution in [0.3, 0.4) is 0 Å². The third-order valence-electron chi connectivity index (χ3n) is 1.55. The molecule has 0 aromatic carbocycles. The van der Waals surface area contributed by atoms with Crippen LogP contribution in [0.1, 0.15) is 30.4 Å². The Morgan fingerprint density at radius 2 is 2.33 bits per heavy atom. The van der Waals surface area contributed by atoms with E-state index in [1.807, 2.05) is 13.8 Å². The van der Waals surface area contributed by atoms with Crippen LogP contribution < -0.4 is 0 Å². The molecule has 0 radical (unpaired) electrons. The highest BCUT2D eigenvalue weighted by Gasteiger charge is 2.13.